The van der Waals surface area contributed by atoms with Crippen molar-refractivity contribution in [3.63, 3.8) is 0 Å². The van der Waals surface area contributed by atoms with Crippen LogP contribution in [0.1, 0.15) is 56.2 Å². The molecule has 0 saturated heterocycles. The second kappa shape index (κ2) is 11.2. The van der Waals surface area contributed by atoms with E-state index < -0.39 is 7.22 Å². The predicted molar refractivity (Wildman–Crippen MR) is 192 cm³/mol. The zero-order chi connectivity index (χ0) is 32.6. The highest BCUT2D eigenvalue weighted by molar-refractivity contribution is 8.19. The van der Waals surface area contributed by atoms with E-state index in [1.165, 1.54) is 94.5 Å². The third-order valence-electron chi connectivity index (χ3n) is 10.3. The summed E-state index contributed by atoms with van der Waals surface area (Å²) in [4.78, 5) is 0. The number of aromatic nitrogens is 4. The van der Waals surface area contributed by atoms with Crippen molar-refractivity contribution in [3.05, 3.63) is 98.6 Å². The predicted octanol–water partition coefficient (Wildman–Crippen LogP) is 5.33. The molecule has 0 bridgehead atoms. The Balaban J connectivity index is 2.13. The van der Waals surface area contributed by atoms with E-state index in [1.54, 1.807) is 0 Å². The van der Waals surface area contributed by atoms with Crippen molar-refractivity contribution < 1.29 is 9.13 Å². The lowest BCUT2D eigenvalue weighted by Crippen LogP contribution is -2.80. The molecule has 230 valence electrons. The fourth-order valence-electron chi connectivity index (χ4n) is 7.92. The monoisotopic (exact) mass is 622 g/mol. The fourth-order valence-corrected chi connectivity index (χ4v) is 14.9. The van der Waals surface area contributed by atoms with Crippen LogP contribution in [0, 0.1) is 69.2 Å². The molecule has 0 unspecified atom stereocenters. The van der Waals surface area contributed by atoms with Gasteiger partial charge in [-0.1, -0.05) is 53.6 Å². The molecule has 0 aliphatic rings. The minimum Gasteiger partial charge on any atom is -0.238 e. The van der Waals surface area contributed by atoms with Crippen LogP contribution in [0.3, 0.4) is 0 Å². The van der Waals surface area contributed by atoms with E-state index in [0.29, 0.717) is 0 Å². The molecule has 2 heterocycles. The Labute approximate surface area is 271 Å². The number of thiol groups is 1. The molecule has 4 nitrogen and oxygen atoms in total. The van der Waals surface area contributed by atoms with Crippen LogP contribution in [0.2, 0.25) is 0 Å². The SMILES string of the molecule is Cc1cc(C)c(-c2cccc(-c3c(C)cc(C)cc3C)c2[Si](S)(c2n(C)c(C)c(C)[n+]2C)c2n(C)c(C)c(C)[n+]2C)c(C)c1. The van der Waals surface area contributed by atoms with E-state index in [9.17, 15) is 0 Å². The van der Waals surface area contributed by atoms with Crippen LogP contribution in [-0.4, -0.2) is 16.4 Å². The lowest BCUT2D eigenvalue weighted by atomic mass is 9.89. The van der Waals surface area contributed by atoms with Crippen molar-refractivity contribution >= 4 is 35.4 Å². The second-order valence-corrected chi connectivity index (χ2v) is 18.0. The van der Waals surface area contributed by atoms with Crippen molar-refractivity contribution in [1.82, 2.24) is 9.13 Å². The Kier molecular flexibility index (Phi) is 8.17. The van der Waals surface area contributed by atoms with Gasteiger partial charge in [0.1, 0.15) is 22.8 Å². The van der Waals surface area contributed by atoms with Crippen molar-refractivity contribution in [2.75, 3.05) is 0 Å². The van der Waals surface area contributed by atoms with Gasteiger partial charge in [0.25, 0.3) is 10.9 Å². The molecule has 0 saturated carbocycles. The number of rotatable bonds is 5. The molecule has 5 aromatic rings. The second-order valence-electron chi connectivity index (χ2n) is 13.2. The number of hydrogen-bond donors (Lipinski definition) is 1. The fraction of sp³-hybridized carbons (Fsp3) is 0.368. The molecule has 0 radical (unpaired) electrons. The first-order valence-corrected chi connectivity index (χ1v) is 18.9. The zero-order valence-electron chi connectivity index (χ0n) is 29.3. The Morgan fingerprint density at radius 1 is 0.568 bits per heavy atom. The Morgan fingerprint density at radius 3 is 1.16 bits per heavy atom. The summed E-state index contributed by atoms with van der Waals surface area (Å²) in [6, 6.07) is 16.3. The molecule has 0 atom stereocenters. The number of aryl methyl sites for hydroxylation is 6. The van der Waals surface area contributed by atoms with Gasteiger partial charge in [-0.3, -0.25) is 0 Å². The highest BCUT2D eigenvalue weighted by Crippen LogP contribution is 2.36. The lowest BCUT2D eigenvalue weighted by molar-refractivity contribution is -0.664. The molecular formula is C38H50N4SSi+2. The van der Waals surface area contributed by atoms with E-state index in [4.69, 9.17) is 12.1 Å². The molecule has 0 aliphatic heterocycles. The van der Waals surface area contributed by atoms with Gasteiger partial charge in [0.05, 0.1) is 28.2 Å². The highest BCUT2D eigenvalue weighted by atomic mass is 32.3. The molecule has 0 aliphatic carbocycles. The molecule has 0 fully saturated rings. The van der Waals surface area contributed by atoms with Crippen LogP contribution < -0.4 is 25.2 Å². The molecule has 0 amide bonds. The average molecular weight is 623 g/mol. The first-order valence-electron chi connectivity index (χ1n) is 15.6. The number of nitrogens with zero attached hydrogens (tertiary/aromatic N) is 4. The van der Waals surface area contributed by atoms with Crippen molar-refractivity contribution in [1.29, 1.82) is 0 Å². The lowest BCUT2D eigenvalue weighted by Gasteiger charge is -2.28. The standard InChI is InChI=1S/C38H50N4SSi/c1-22-18-24(3)34(25(4)19-22)32-16-15-17-33(35-26(5)20-23(2)21-27(35)6)36(32)44(43,37-39(11)28(7)29(8)40(37)12)38-41(13)30(9)31(10)42(38)14/h15-21,43H,1-14H3/q+2. The third kappa shape index (κ3) is 4.64. The van der Waals surface area contributed by atoms with Crippen LogP contribution in [0.25, 0.3) is 22.3 Å². The highest BCUT2D eigenvalue weighted by Gasteiger charge is 2.59. The molecule has 44 heavy (non-hydrogen) atoms. The van der Waals surface area contributed by atoms with E-state index >= 15 is 0 Å². The van der Waals surface area contributed by atoms with Gasteiger partial charge in [0.2, 0.25) is 0 Å². The van der Waals surface area contributed by atoms with E-state index in [0.717, 1.165) is 0 Å². The summed E-state index contributed by atoms with van der Waals surface area (Å²) < 4.78 is 9.65. The summed E-state index contributed by atoms with van der Waals surface area (Å²) in [5, 5.41) is 1.35. The Hall–Kier alpha value is -3.35. The smallest absolute Gasteiger partial charge is 0.238 e. The Morgan fingerprint density at radius 2 is 0.886 bits per heavy atom. The maximum absolute atomic E-state index is 6.16. The molecule has 0 N–H and O–H groups in total. The topological polar surface area (TPSA) is 17.6 Å². The summed E-state index contributed by atoms with van der Waals surface area (Å²) >= 11 is 6.16. The molecule has 2 aromatic heterocycles. The quantitative estimate of drug-likeness (QED) is 0.155. The Bertz CT molecular complexity index is 1740. The summed E-state index contributed by atoms with van der Waals surface area (Å²) in [6.07, 6.45) is 0. The van der Waals surface area contributed by atoms with Gasteiger partial charge < -0.3 is 0 Å². The maximum atomic E-state index is 6.16. The van der Waals surface area contributed by atoms with Crippen LogP contribution in [-0.2, 0) is 28.2 Å². The van der Waals surface area contributed by atoms with Crippen LogP contribution in [0.5, 0.6) is 0 Å². The number of hydrogen-bond acceptors (Lipinski definition) is 1. The summed E-state index contributed by atoms with van der Waals surface area (Å²) in [6.45, 7) is 22.4. The minimum absolute atomic E-state index is 1.27. The van der Waals surface area contributed by atoms with E-state index in [-0.39, 0.29) is 0 Å². The van der Waals surface area contributed by atoms with Gasteiger partial charge in [-0.25, -0.2) is 18.3 Å². The van der Waals surface area contributed by atoms with Gasteiger partial charge in [0, 0.05) is 27.7 Å². The van der Waals surface area contributed by atoms with Crippen LogP contribution in [0.15, 0.2) is 42.5 Å². The molecule has 0 spiro atoms. The minimum atomic E-state index is -3.10. The normalized spacial score (nSPS) is 12.0. The van der Waals surface area contributed by atoms with Gasteiger partial charge in [-0.05, 0) is 91.2 Å². The first-order chi connectivity index (χ1) is 20.5. The third-order valence-corrected chi connectivity index (χ3v) is 16.1. The molecule has 5 rings (SSSR count). The van der Waals surface area contributed by atoms with Crippen molar-refractivity contribution in [2.24, 2.45) is 28.2 Å². The van der Waals surface area contributed by atoms with Gasteiger partial charge in [0.15, 0.2) is 0 Å². The largest absolute Gasteiger partial charge is 0.406 e. The molecule has 3 aromatic carbocycles. The van der Waals surface area contributed by atoms with Crippen molar-refractivity contribution in [3.8, 4) is 22.3 Å². The van der Waals surface area contributed by atoms with Crippen LogP contribution >= 0.6 is 12.1 Å². The van der Waals surface area contributed by atoms with Gasteiger partial charge in [-0.2, -0.15) is 12.1 Å². The van der Waals surface area contributed by atoms with Gasteiger partial charge in [-0.15, -0.1) is 0 Å². The zero-order valence-corrected chi connectivity index (χ0v) is 31.2. The summed E-state index contributed by atoms with van der Waals surface area (Å²) in [7, 11) is 5.81. The molecular weight excluding hydrogens is 573 g/mol. The first kappa shape index (κ1) is 32.1. The molecule has 6 heteroatoms. The summed E-state index contributed by atoms with van der Waals surface area (Å²) in [5.74, 6) is 0. The maximum Gasteiger partial charge on any atom is 0.406 e. The van der Waals surface area contributed by atoms with Crippen LogP contribution in [0.4, 0.5) is 0 Å². The van der Waals surface area contributed by atoms with Gasteiger partial charge >= 0.3 is 7.22 Å². The van der Waals surface area contributed by atoms with E-state index in [2.05, 4.69) is 158 Å². The average Bonchev–Trinajstić information content (AvgIpc) is 3.25. The summed E-state index contributed by atoms with van der Waals surface area (Å²) in [5.41, 5.74) is 20.6. The van der Waals surface area contributed by atoms with Crippen molar-refractivity contribution in [2.45, 2.75) is 69.2 Å². The van der Waals surface area contributed by atoms with E-state index in [1.807, 2.05) is 0 Å². The number of benzene rings is 3. The number of imidazole rings is 2.